The van der Waals surface area contributed by atoms with Gasteiger partial charge in [0.1, 0.15) is 0 Å². The van der Waals surface area contributed by atoms with E-state index in [0.29, 0.717) is 22.7 Å². The highest BCUT2D eigenvalue weighted by atomic mass is 17.2. The van der Waals surface area contributed by atoms with Gasteiger partial charge in [0.2, 0.25) is 5.75 Å². The van der Waals surface area contributed by atoms with Crippen LogP contribution in [0.15, 0.2) is 12.2 Å². The van der Waals surface area contributed by atoms with Crippen molar-refractivity contribution in [3.8, 4) is 11.5 Å². The van der Waals surface area contributed by atoms with Crippen LogP contribution in [0, 0.1) is 20.8 Å². The smallest absolute Gasteiger partial charge is 0.379 e. The Morgan fingerprint density at radius 1 is 0.889 bits per heavy atom. The Morgan fingerprint density at radius 2 is 1.50 bits per heavy atom. The number of ether oxygens (including phenoxy) is 1. The molecule has 2 heterocycles. The SMILES string of the molecule is Cc1nc(C)c2c(C)c1OOC(=O)/C=C\C(=O)O2. The van der Waals surface area contributed by atoms with Crippen LogP contribution in [0.2, 0.25) is 0 Å². The first-order valence-corrected chi connectivity index (χ1v) is 5.25. The highest BCUT2D eigenvalue weighted by Crippen LogP contribution is 2.33. The van der Waals surface area contributed by atoms with Crippen LogP contribution in [0.4, 0.5) is 0 Å². The maximum atomic E-state index is 11.5. The highest BCUT2D eigenvalue weighted by molar-refractivity contribution is 5.92. The van der Waals surface area contributed by atoms with Gasteiger partial charge in [0.05, 0.1) is 11.4 Å². The second-order valence-corrected chi connectivity index (χ2v) is 3.81. The van der Waals surface area contributed by atoms with Crippen LogP contribution in [-0.2, 0) is 14.5 Å². The molecule has 6 heteroatoms. The molecule has 0 unspecified atom stereocenters. The number of hydrogen-bond donors (Lipinski definition) is 0. The molecule has 1 aromatic heterocycles. The molecule has 6 nitrogen and oxygen atoms in total. The fraction of sp³-hybridized carbons (Fsp3) is 0.250. The van der Waals surface area contributed by atoms with Gasteiger partial charge in [0.15, 0.2) is 5.75 Å². The van der Waals surface area contributed by atoms with E-state index >= 15 is 0 Å². The highest BCUT2D eigenvalue weighted by Gasteiger charge is 2.20. The van der Waals surface area contributed by atoms with Crippen LogP contribution in [-0.4, -0.2) is 16.9 Å². The summed E-state index contributed by atoms with van der Waals surface area (Å²) in [5.41, 5.74) is 1.66. The maximum absolute atomic E-state index is 11.5. The minimum absolute atomic E-state index is 0.270. The van der Waals surface area contributed by atoms with Gasteiger partial charge in [0.25, 0.3) is 0 Å². The molecule has 18 heavy (non-hydrogen) atoms. The zero-order valence-electron chi connectivity index (χ0n) is 10.1. The van der Waals surface area contributed by atoms with Gasteiger partial charge in [-0.15, -0.1) is 0 Å². The molecule has 1 aliphatic heterocycles. The topological polar surface area (TPSA) is 74.7 Å². The summed E-state index contributed by atoms with van der Waals surface area (Å²) in [5.74, 6) is -0.887. The molecular formula is C12H11NO5. The minimum Gasteiger partial charge on any atom is -0.421 e. The molecule has 0 N–H and O–H groups in total. The second-order valence-electron chi connectivity index (χ2n) is 3.81. The van der Waals surface area contributed by atoms with E-state index in [1.54, 1.807) is 20.8 Å². The lowest BCUT2D eigenvalue weighted by molar-refractivity contribution is -0.208. The molecule has 0 atom stereocenters. The molecule has 94 valence electrons. The van der Waals surface area contributed by atoms with Crippen LogP contribution in [0.1, 0.15) is 17.0 Å². The Labute approximate surface area is 103 Å². The molecule has 1 aliphatic rings. The molecule has 0 amide bonds. The Hall–Kier alpha value is -2.37. The van der Waals surface area contributed by atoms with Gasteiger partial charge in [-0.3, -0.25) is 9.87 Å². The molecular weight excluding hydrogens is 238 g/mol. The number of nitrogens with zero attached hydrogens (tertiary/aromatic N) is 1. The van der Waals surface area contributed by atoms with E-state index in [1.807, 2.05) is 0 Å². The van der Waals surface area contributed by atoms with Gasteiger partial charge in [-0.1, -0.05) is 0 Å². The van der Waals surface area contributed by atoms with Crippen molar-refractivity contribution in [2.24, 2.45) is 0 Å². The van der Waals surface area contributed by atoms with Gasteiger partial charge >= 0.3 is 11.9 Å². The van der Waals surface area contributed by atoms with E-state index in [2.05, 4.69) is 9.87 Å². The number of fused-ring (bicyclic) bond motifs is 2. The van der Waals surface area contributed by atoms with Crippen molar-refractivity contribution in [3.05, 3.63) is 29.1 Å². The molecule has 0 aliphatic carbocycles. The largest absolute Gasteiger partial charge is 0.421 e. The molecule has 0 aromatic carbocycles. The summed E-state index contributed by atoms with van der Waals surface area (Å²) in [4.78, 5) is 36.3. The molecule has 0 saturated heterocycles. The van der Waals surface area contributed by atoms with Crippen molar-refractivity contribution in [1.82, 2.24) is 4.98 Å². The number of pyridine rings is 1. The first-order chi connectivity index (χ1) is 8.49. The van der Waals surface area contributed by atoms with Crippen molar-refractivity contribution < 1.29 is 24.1 Å². The van der Waals surface area contributed by atoms with Gasteiger partial charge in [-0.25, -0.2) is 14.5 Å². The quantitative estimate of drug-likeness (QED) is 0.510. The third-order valence-electron chi connectivity index (χ3n) is 2.44. The number of esters is 1. The first-order valence-electron chi connectivity index (χ1n) is 5.25. The Bertz CT molecular complexity index is 562. The number of aryl methyl sites for hydroxylation is 2. The van der Waals surface area contributed by atoms with Crippen LogP contribution in [0.25, 0.3) is 0 Å². The third-order valence-corrected chi connectivity index (χ3v) is 2.44. The van der Waals surface area contributed by atoms with E-state index < -0.39 is 11.9 Å². The van der Waals surface area contributed by atoms with Crippen molar-refractivity contribution >= 4 is 11.9 Å². The maximum Gasteiger partial charge on any atom is 0.379 e. The number of aromatic nitrogens is 1. The Kier molecular flexibility index (Phi) is 3.01. The summed E-state index contributed by atoms with van der Waals surface area (Å²) in [6, 6.07) is 0. The Balaban J connectivity index is 2.57. The van der Waals surface area contributed by atoms with Crippen LogP contribution >= 0.6 is 0 Å². The van der Waals surface area contributed by atoms with Gasteiger partial charge in [-0.2, -0.15) is 0 Å². The Morgan fingerprint density at radius 3 is 2.22 bits per heavy atom. The predicted octanol–water partition coefficient (Wildman–Crippen LogP) is 1.32. The van der Waals surface area contributed by atoms with E-state index in [9.17, 15) is 9.59 Å². The van der Waals surface area contributed by atoms with Crippen LogP contribution in [0.5, 0.6) is 11.5 Å². The lowest BCUT2D eigenvalue weighted by atomic mass is 10.1. The van der Waals surface area contributed by atoms with E-state index in [1.165, 1.54) is 0 Å². The number of rotatable bonds is 0. The molecule has 0 spiro atoms. The summed E-state index contributed by atoms with van der Waals surface area (Å²) in [7, 11) is 0. The van der Waals surface area contributed by atoms with Gasteiger partial charge in [-0.05, 0) is 20.8 Å². The van der Waals surface area contributed by atoms with E-state index in [-0.39, 0.29) is 5.75 Å². The lowest BCUT2D eigenvalue weighted by Gasteiger charge is -2.15. The minimum atomic E-state index is -0.797. The zero-order valence-corrected chi connectivity index (χ0v) is 10.1. The van der Waals surface area contributed by atoms with Crippen LogP contribution in [0.3, 0.4) is 0 Å². The lowest BCUT2D eigenvalue weighted by Crippen LogP contribution is -2.14. The molecule has 0 fully saturated rings. The number of hydrogen-bond acceptors (Lipinski definition) is 6. The second kappa shape index (κ2) is 4.48. The van der Waals surface area contributed by atoms with Gasteiger partial charge in [0, 0.05) is 17.7 Å². The average Bonchev–Trinajstić information content (AvgIpc) is 2.30. The van der Waals surface area contributed by atoms with E-state index in [4.69, 9.17) is 9.62 Å². The molecule has 0 saturated carbocycles. The third kappa shape index (κ3) is 2.17. The van der Waals surface area contributed by atoms with E-state index in [0.717, 1.165) is 12.2 Å². The fourth-order valence-corrected chi connectivity index (χ4v) is 1.65. The summed E-state index contributed by atoms with van der Waals surface area (Å²) in [6.07, 6.45) is 1.90. The molecule has 0 radical (unpaired) electrons. The number of carbonyl (C=O) groups excluding carboxylic acids is 2. The van der Waals surface area contributed by atoms with Crippen LogP contribution < -0.4 is 9.62 Å². The first kappa shape index (κ1) is 12.1. The zero-order chi connectivity index (χ0) is 13.3. The number of carbonyl (C=O) groups is 2. The standard InChI is InChI=1S/C12H11NO5/c1-6-11-7(2)13-8(3)12(6)18-17-10(15)5-4-9(14)16-11/h4-5H,1-3H3/b5-4-. The van der Waals surface area contributed by atoms with Crippen molar-refractivity contribution in [1.29, 1.82) is 0 Å². The normalized spacial score (nSPS) is 16.4. The van der Waals surface area contributed by atoms with Crippen molar-refractivity contribution in [3.63, 3.8) is 0 Å². The summed E-state index contributed by atoms with van der Waals surface area (Å²) < 4.78 is 5.12. The molecule has 1 aromatic rings. The summed E-state index contributed by atoms with van der Waals surface area (Å²) in [5, 5.41) is 0. The summed E-state index contributed by atoms with van der Waals surface area (Å²) >= 11 is 0. The van der Waals surface area contributed by atoms with Crippen molar-refractivity contribution in [2.45, 2.75) is 20.8 Å². The predicted molar refractivity (Wildman–Crippen MR) is 59.9 cm³/mol. The average molecular weight is 249 g/mol. The van der Waals surface area contributed by atoms with Crippen molar-refractivity contribution in [2.75, 3.05) is 0 Å². The van der Waals surface area contributed by atoms with Gasteiger partial charge < -0.3 is 4.74 Å². The fourth-order valence-electron chi connectivity index (χ4n) is 1.65. The molecule has 2 bridgehead atoms. The summed E-state index contributed by atoms with van der Waals surface area (Å²) in [6.45, 7) is 5.11. The molecule has 2 rings (SSSR count). The monoisotopic (exact) mass is 249 g/mol.